The van der Waals surface area contributed by atoms with Crippen molar-refractivity contribution in [3.8, 4) is 0 Å². The van der Waals surface area contributed by atoms with Gasteiger partial charge in [-0.1, -0.05) is 13.0 Å². The van der Waals surface area contributed by atoms with Crippen LogP contribution in [-0.2, 0) is 14.8 Å². The van der Waals surface area contributed by atoms with Gasteiger partial charge in [0.05, 0.1) is 12.2 Å². The molecule has 0 heterocycles. The Balaban J connectivity index is 3.25. The number of ether oxygens (including phenoxy) is 1. The molecule has 0 aliphatic rings. The van der Waals surface area contributed by atoms with Crippen LogP contribution in [0, 0.1) is 5.82 Å². The fraction of sp³-hybridized carbons (Fsp3) is 0.300. The summed E-state index contributed by atoms with van der Waals surface area (Å²) in [5, 5.41) is 4.85. The second kappa shape index (κ2) is 5.24. The molecule has 94 valence electrons. The van der Waals surface area contributed by atoms with Crippen molar-refractivity contribution < 1.29 is 22.3 Å². The molecule has 1 aromatic rings. The summed E-state index contributed by atoms with van der Waals surface area (Å²) in [5.74, 6) is -1.98. The third-order valence-electron chi connectivity index (χ3n) is 1.91. The summed E-state index contributed by atoms with van der Waals surface area (Å²) in [7, 11) is -4.31. The molecule has 0 spiro atoms. The maximum absolute atomic E-state index is 13.4. The summed E-state index contributed by atoms with van der Waals surface area (Å²) < 4.78 is 40.5. The van der Waals surface area contributed by atoms with Crippen molar-refractivity contribution in [3.63, 3.8) is 0 Å². The summed E-state index contributed by atoms with van der Waals surface area (Å²) in [5.41, 5.74) is -0.388. The number of esters is 1. The zero-order valence-corrected chi connectivity index (χ0v) is 9.96. The topological polar surface area (TPSA) is 86.5 Å². The molecule has 0 aromatic heterocycles. The van der Waals surface area contributed by atoms with Gasteiger partial charge in [-0.15, -0.1) is 0 Å². The lowest BCUT2D eigenvalue weighted by Crippen LogP contribution is -2.19. The molecule has 17 heavy (non-hydrogen) atoms. The molecule has 0 saturated heterocycles. The van der Waals surface area contributed by atoms with E-state index in [1.54, 1.807) is 6.92 Å². The van der Waals surface area contributed by atoms with Crippen LogP contribution in [0.25, 0.3) is 0 Å². The Morgan fingerprint density at radius 1 is 1.47 bits per heavy atom. The van der Waals surface area contributed by atoms with E-state index >= 15 is 0 Å². The van der Waals surface area contributed by atoms with Crippen LogP contribution in [0.5, 0.6) is 0 Å². The predicted molar refractivity (Wildman–Crippen MR) is 58.3 cm³/mol. The SMILES string of the molecule is CCCOC(=O)c1cccc(F)c1S(N)(=O)=O. The molecule has 0 aliphatic heterocycles. The van der Waals surface area contributed by atoms with Crippen molar-refractivity contribution in [3.05, 3.63) is 29.6 Å². The maximum Gasteiger partial charge on any atom is 0.339 e. The first-order chi connectivity index (χ1) is 7.88. The Kier molecular flexibility index (Phi) is 4.19. The number of hydrogen-bond donors (Lipinski definition) is 1. The average Bonchev–Trinajstić information content (AvgIpc) is 2.23. The highest BCUT2D eigenvalue weighted by Crippen LogP contribution is 2.19. The Morgan fingerprint density at radius 2 is 2.12 bits per heavy atom. The monoisotopic (exact) mass is 261 g/mol. The number of halogens is 1. The van der Waals surface area contributed by atoms with E-state index < -0.39 is 26.7 Å². The summed E-state index contributed by atoms with van der Waals surface area (Å²) in [6, 6.07) is 3.28. The number of rotatable bonds is 4. The smallest absolute Gasteiger partial charge is 0.339 e. The van der Waals surface area contributed by atoms with E-state index in [2.05, 4.69) is 0 Å². The third-order valence-corrected chi connectivity index (χ3v) is 2.89. The van der Waals surface area contributed by atoms with Crippen molar-refractivity contribution in [1.82, 2.24) is 0 Å². The molecule has 0 radical (unpaired) electrons. The Hall–Kier alpha value is -1.47. The second-order valence-corrected chi connectivity index (χ2v) is 4.80. The molecule has 0 unspecified atom stereocenters. The largest absolute Gasteiger partial charge is 0.462 e. The van der Waals surface area contributed by atoms with Gasteiger partial charge in [0, 0.05) is 0 Å². The molecule has 0 saturated carbocycles. The molecule has 0 atom stereocenters. The van der Waals surface area contributed by atoms with Crippen LogP contribution in [0.3, 0.4) is 0 Å². The lowest BCUT2D eigenvalue weighted by Gasteiger charge is -2.08. The predicted octanol–water partition coefficient (Wildman–Crippen LogP) is 1.04. The number of sulfonamides is 1. The third kappa shape index (κ3) is 3.24. The van der Waals surface area contributed by atoms with Gasteiger partial charge in [0.25, 0.3) is 0 Å². The van der Waals surface area contributed by atoms with Crippen LogP contribution in [0.15, 0.2) is 23.1 Å². The van der Waals surface area contributed by atoms with Crippen LogP contribution in [0.2, 0.25) is 0 Å². The van der Waals surface area contributed by atoms with Crippen molar-refractivity contribution in [2.75, 3.05) is 6.61 Å². The molecular weight excluding hydrogens is 249 g/mol. The van der Waals surface area contributed by atoms with Crippen LogP contribution in [-0.4, -0.2) is 21.0 Å². The highest BCUT2D eigenvalue weighted by molar-refractivity contribution is 7.89. The zero-order chi connectivity index (χ0) is 13.1. The number of primary sulfonamides is 1. The molecule has 1 aromatic carbocycles. The molecule has 5 nitrogen and oxygen atoms in total. The van der Waals surface area contributed by atoms with Crippen molar-refractivity contribution in [1.29, 1.82) is 0 Å². The van der Waals surface area contributed by atoms with E-state index in [9.17, 15) is 17.6 Å². The normalized spacial score (nSPS) is 11.2. The Bertz CT molecular complexity index is 527. The van der Waals surface area contributed by atoms with Gasteiger partial charge in [-0.3, -0.25) is 0 Å². The van der Waals surface area contributed by atoms with Gasteiger partial charge in [0.2, 0.25) is 10.0 Å². The van der Waals surface area contributed by atoms with Crippen molar-refractivity contribution in [2.24, 2.45) is 5.14 Å². The lowest BCUT2D eigenvalue weighted by molar-refractivity contribution is 0.0499. The van der Waals surface area contributed by atoms with E-state index in [0.717, 1.165) is 12.1 Å². The van der Waals surface area contributed by atoms with Crippen LogP contribution >= 0.6 is 0 Å². The Morgan fingerprint density at radius 3 is 2.65 bits per heavy atom. The van der Waals surface area contributed by atoms with Crippen LogP contribution in [0.1, 0.15) is 23.7 Å². The minimum atomic E-state index is -4.31. The second-order valence-electron chi connectivity index (χ2n) is 3.30. The number of carbonyl (C=O) groups is 1. The number of nitrogens with two attached hydrogens (primary N) is 1. The standard InChI is InChI=1S/C10H12FNO4S/c1-2-6-16-10(13)7-4-3-5-8(11)9(7)17(12,14)15/h3-5H,2,6H2,1H3,(H2,12,14,15). The van der Waals surface area contributed by atoms with Crippen LogP contribution < -0.4 is 5.14 Å². The number of hydrogen-bond acceptors (Lipinski definition) is 4. The maximum atomic E-state index is 13.4. The average molecular weight is 261 g/mol. The summed E-state index contributed by atoms with van der Waals surface area (Å²) in [6.45, 7) is 1.90. The first-order valence-electron chi connectivity index (χ1n) is 4.86. The lowest BCUT2D eigenvalue weighted by atomic mass is 10.2. The number of carbonyl (C=O) groups excluding carboxylic acids is 1. The van der Waals surface area contributed by atoms with E-state index in [1.807, 2.05) is 0 Å². The minimum Gasteiger partial charge on any atom is -0.462 e. The van der Waals surface area contributed by atoms with Gasteiger partial charge in [0.15, 0.2) is 0 Å². The van der Waals surface area contributed by atoms with E-state index in [-0.39, 0.29) is 12.2 Å². The minimum absolute atomic E-state index is 0.124. The molecular formula is C10H12FNO4S. The highest BCUT2D eigenvalue weighted by atomic mass is 32.2. The van der Waals surface area contributed by atoms with Gasteiger partial charge in [-0.25, -0.2) is 22.7 Å². The fourth-order valence-corrected chi connectivity index (χ4v) is 2.03. The fourth-order valence-electron chi connectivity index (χ4n) is 1.23. The first-order valence-corrected chi connectivity index (χ1v) is 6.41. The van der Waals surface area contributed by atoms with Gasteiger partial charge in [0.1, 0.15) is 10.7 Å². The van der Waals surface area contributed by atoms with Crippen molar-refractivity contribution in [2.45, 2.75) is 18.2 Å². The van der Waals surface area contributed by atoms with Gasteiger partial charge < -0.3 is 4.74 Å². The van der Waals surface area contributed by atoms with E-state index in [0.29, 0.717) is 6.42 Å². The van der Waals surface area contributed by atoms with E-state index in [4.69, 9.17) is 9.88 Å². The molecule has 2 N–H and O–H groups in total. The number of benzene rings is 1. The van der Waals surface area contributed by atoms with Gasteiger partial charge >= 0.3 is 5.97 Å². The molecule has 0 bridgehead atoms. The molecule has 0 fully saturated rings. The summed E-state index contributed by atoms with van der Waals surface area (Å²) in [6.07, 6.45) is 0.575. The molecule has 0 aliphatic carbocycles. The summed E-state index contributed by atoms with van der Waals surface area (Å²) >= 11 is 0. The highest BCUT2D eigenvalue weighted by Gasteiger charge is 2.24. The molecule has 1 rings (SSSR count). The molecule has 0 amide bonds. The van der Waals surface area contributed by atoms with E-state index in [1.165, 1.54) is 6.07 Å². The van der Waals surface area contributed by atoms with Crippen LogP contribution in [0.4, 0.5) is 4.39 Å². The van der Waals surface area contributed by atoms with Crippen molar-refractivity contribution >= 4 is 16.0 Å². The zero-order valence-electron chi connectivity index (χ0n) is 9.14. The quantitative estimate of drug-likeness (QED) is 0.820. The van der Waals surface area contributed by atoms with Gasteiger partial charge in [-0.05, 0) is 18.6 Å². The molecule has 7 heteroatoms. The first kappa shape index (κ1) is 13.6. The summed E-state index contributed by atoms with van der Waals surface area (Å²) in [4.78, 5) is 10.7. The Labute approximate surface area is 98.4 Å². The van der Waals surface area contributed by atoms with Gasteiger partial charge in [-0.2, -0.15) is 0 Å².